The summed E-state index contributed by atoms with van der Waals surface area (Å²) in [6, 6.07) is 0. The van der Waals surface area contributed by atoms with Gasteiger partial charge in [-0.25, -0.2) is 0 Å². The van der Waals surface area contributed by atoms with Crippen molar-refractivity contribution in [3.63, 3.8) is 0 Å². The molecule has 11 heavy (non-hydrogen) atoms. The Balaban J connectivity index is 3.52. The molecule has 0 spiro atoms. The molecular formula is C8H18O2Si. The van der Waals surface area contributed by atoms with Gasteiger partial charge >= 0.3 is 0 Å². The SMILES string of the molecule is C=CCC(C)OC(CC)O[SiH3]. The van der Waals surface area contributed by atoms with Crippen molar-refractivity contribution in [2.75, 3.05) is 0 Å². The lowest BCUT2D eigenvalue weighted by molar-refractivity contribution is -0.110. The first-order valence-electron chi connectivity index (χ1n) is 4.03. The van der Waals surface area contributed by atoms with E-state index in [9.17, 15) is 0 Å². The monoisotopic (exact) mass is 174 g/mol. The van der Waals surface area contributed by atoms with Crippen molar-refractivity contribution in [3.8, 4) is 0 Å². The standard InChI is InChI=1S/C8H18O2Si/c1-4-6-7(3)9-8(5-2)10-11/h4,7-8H,1,5-6H2,2-3,11H3. The minimum Gasteiger partial charge on any atom is -0.404 e. The van der Waals surface area contributed by atoms with Crippen LogP contribution in [0.2, 0.25) is 0 Å². The molecule has 0 rings (SSSR count). The molecule has 2 nitrogen and oxygen atoms in total. The molecular weight excluding hydrogens is 156 g/mol. The molecule has 0 N–H and O–H groups in total. The van der Waals surface area contributed by atoms with E-state index in [-0.39, 0.29) is 12.4 Å². The quantitative estimate of drug-likeness (QED) is 0.340. The molecule has 0 amide bonds. The van der Waals surface area contributed by atoms with Crippen molar-refractivity contribution < 1.29 is 9.16 Å². The molecule has 0 fully saturated rings. The van der Waals surface area contributed by atoms with Crippen molar-refractivity contribution in [2.45, 2.75) is 39.1 Å². The van der Waals surface area contributed by atoms with E-state index in [4.69, 9.17) is 9.16 Å². The number of rotatable bonds is 6. The Morgan fingerprint density at radius 1 is 1.64 bits per heavy atom. The van der Waals surface area contributed by atoms with Crippen LogP contribution in [0.4, 0.5) is 0 Å². The normalized spacial score (nSPS) is 16.2. The molecule has 0 radical (unpaired) electrons. The van der Waals surface area contributed by atoms with Crippen LogP contribution in [-0.4, -0.2) is 22.9 Å². The Labute approximate surface area is 72.1 Å². The fraction of sp³-hybridized carbons (Fsp3) is 0.750. The molecule has 0 aliphatic carbocycles. The van der Waals surface area contributed by atoms with Crippen LogP contribution >= 0.6 is 0 Å². The summed E-state index contributed by atoms with van der Waals surface area (Å²) in [5, 5.41) is 0. The van der Waals surface area contributed by atoms with E-state index in [0.717, 1.165) is 23.3 Å². The fourth-order valence-corrected chi connectivity index (χ4v) is 1.31. The van der Waals surface area contributed by atoms with Crippen LogP contribution in [0.1, 0.15) is 26.7 Å². The van der Waals surface area contributed by atoms with Gasteiger partial charge in [0.05, 0.1) is 6.10 Å². The maximum absolute atomic E-state index is 5.53. The van der Waals surface area contributed by atoms with E-state index >= 15 is 0 Å². The van der Waals surface area contributed by atoms with Crippen molar-refractivity contribution in [2.24, 2.45) is 0 Å². The maximum atomic E-state index is 5.53. The number of hydrogen-bond donors (Lipinski definition) is 0. The summed E-state index contributed by atoms with van der Waals surface area (Å²) < 4.78 is 10.7. The van der Waals surface area contributed by atoms with Gasteiger partial charge in [0, 0.05) is 0 Å². The van der Waals surface area contributed by atoms with E-state index < -0.39 is 0 Å². The molecule has 2 unspecified atom stereocenters. The summed E-state index contributed by atoms with van der Waals surface area (Å²) in [4.78, 5) is 0. The molecule has 0 aliphatic rings. The molecule has 3 heteroatoms. The van der Waals surface area contributed by atoms with Crippen LogP contribution in [0.15, 0.2) is 12.7 Å². The predicted octanol–water partition coefficient (Wildman–Crippen LogP) is 1.00. The zero-order valence-electron chi connectivity index (χ0n) is 7.67. The molecule has 2 atom stereocenters. The lowest BCUT2D eigenvalue weighted by Crippen LogP contribution is -2.20. The number of ether oxygens (including phenoxy) is 1. The van der Waals surface area contributed by atoms with Gasteiger partial charge in [-0.05, 0) is 19.8 Å². The molecule has 0 aromatic heterocycles. The first-order chi connectivity index (χ1) is 5.24. The first-order valence-corrected chi connectivity index (χ1v) is 4.85. The smallest absolute Gasteiger partial charge is 0.149 e. The third kappa shape index (κ3) is 5.18. The second kappa shape index (κ2) is 6.58. The minimum absolute atomic E-state index is 0.00313. The lowest BCUT2D eigenvalue weighted by Gasteiger charge is -2.19. The molecule has 0 bridgehead atoms. The second-order valence-corrected chi connectivity index (χ2v) is 3.02. The van der Waals surface area contributed by atoms with E-state index in [1.54, 1.807) is 0 Å². The molecule has 0 aromatic carbocycles. The Morgan fingerprint density at radius 2 is 2.27 bits per heavy atom. The minimum atomic E-state index is -0.00313. The van der Waals surface area contributed by atoms with E-state index in [1.807, 2.05) is 13.0 Å². The summed E-state index contributed by atoms with van der Waals surface area (Å²) in [5.74, 6) is 0. The van der Waals surface area contributed by atoms with Crippen LogP contribution in [0.25, 0.3) is 0 Å². The summed E-state index contributed by atoms with van der Waals surface area (Å²) in [5.41, 5.74) is 0. The highest BCUT2D eigenvalue weighted by molar-refractivity contribution is 5.98. The van der Waals surface area contributed by atoms with Gasteiger partial charge < -0.3 is 9.16 Å². The Kier molecular flexibility index (Phi) is 6.50. The van der Waals surface area contributed by atoms with Gasteiger partial charge in [0.2, 0.25) is 0 Å². The van der Waals surface area contributed by atoms with Crippen LogP contribution in [-0.2, 0) is 9.16 Å². The van der Waals surface area contributed by atoms with Crippen molar-refractivity contribution in [1.82, 2.24) is 0 Å². The highest BCUT2D eigenvalue weighted by Crippen LogP contribution is 2.05. The Morgan fingerprint density at radius 3 is 2.64 bits per heavy atom. The highest BCUT2D eigenvalue weighted by atomic mass is 28.2. The van der Waals surface area contributed by atoms with Crippen molar-refractivity contribution >= 4 is 10.5 Å². The predicted molar refractivity (Wildman–Crippen MR) is 50.5 cm³/mol. The Hall–Kier alpha value is -0.123. The first kappa shape index (κ1) is 10.9. The maximum Gasteiger partial charge on any atom is 0.149 e. The van der Waals surface area contributed by atoms with Crippen LogP contribution in [0.3, 0.4) is 0 Å². The van der Waals surface area contributed by atoms with Crippen LogP contribution in [0, 0.1) is 0 Å². The topological polar surface area (TPSA) is 18.5 Å². The van der Waals surface area contributed by atoms with E-state index in [1.165, 1.54) is 0 Å². The highest BCUT2D eigenvalue weighted by Gasteiger charge is 2.07. The third-order valence-electron chi connectivity index (χ3n) is 1.48. The molecule has 0 aromatic rings. The van der Waals surface area contributed by atoms with E-state index in [0.29, 0.717) is 0 Å². The summed E-state index contributed by atoms with van der Waals surface area (Å²) in [7, 11) is 0.741. The van der Waals surface area contributed by atoms with Gasteiger partial charge in [-0.2, -0.15) is 0 Å². The van der Waals surface area contributed by atoms with Gasteiger partial charge in [-0.3, -0.25) is 0 Å². The van der Waals surface area contributed by atoms with Gasteiger partial charge in [-0.15, -0.1) is 6.58 Å². The molecule has 0 saturated heterocycles. The van der Waals surface area contributed by atoms with Crippen LogP contribution < -0.4 is 0 Å². The van der Waals surface area contributed by atoms with Crippen molar-refractivity contribution in [1.29, 1.82) is 0 Å². The van der Waals surface area contributed by atoms with E-state index in [2.05, 4.69) is 13.5 Å². The third-order valence-corrected chi connectivity index (χ3v) is 2.00. The average Bonchev–Trinajstić information content (AvgIpc) is 2.01. The largest absolute Gasteiger partial charge is 0.404 e. The number of hydrogen-bond acceptors (Lipinski definition) is 2. The summed E-state index contributed by atoms with van der Waals surface area (Å²) >= 11 is 0. The molecule has 0 aliphatic heterocycles. The van der Waals surface area contributed by atoms with Gasteiger partial charge in [0.15, 0.2) is 0 Å². The Bertz CT molecular complexity index is 102. The molecule has 66 valence electrons. The second-order valence-electron chi connectivity index (χ2n) is 2.54. The fourth-order valence-electron chi connectivity index (χ4n) is 0.868. The lowest BCUT2D eigenvalue weighted by atomic mass is 10.3. The summed E-state index contributed by atoms with van der Waals surface area (Å²) in [6.45, 7) is 7.74. The van der Waals surface area contributed by atoms with Crippen molar-refractivity contribution in [3.05, 3.63) is 12.7 Å². The van der Waals surface area contributed by atoms with Gasteiger partial charge in [0.1, 0.15) is 16.8 Å². The van der Waals surface area contributed by atoms with Gasteiger partial charge in [0.25, 0.3) is 0 Å². The van der Waals surface area contributed by atoms with Gasteiger partial charge in [-0.1, -0.05) is 13.0 Å². The molecule has 0 heterocycles. The average molecular weight is 174 g/mol. The van der Waals surface area contributed by atoms with Crippen LogP contribution in [0.5, 0.6) is 0 Å². The zero-order valence-corrected chi connectivity index (χ0v) is 9.67. The molecule has 0 saturated carbocycles. The zero-order chi connectivity index (χ0) is 8.69. The summed E-state index contributed by atoms with van der Waals surface area (Å²) in [6.07, 6.45) is 3.90.